The molecule has 2 amide bonds. The third-order valence-electron chi connectivity index (χ3n) is 12.3. The van der Waals surface area contributed by atoms with Gasteiger partial charge in [0.2, 0.25) is 5.79 Å². The van der Waals surface area contributed by atoms with Crippen molar-refractivity contribution in [1.29, 1.82) is 0 Å². The van der Waals surface area contributed by atoms with E-state index in [-0.39, 0.29) is 90.1 Å². The molecule has 3 aromatic rings. The second kappa shape index (κ2) is 25.3. The van der Waals surface area contributed by atoms with Crippen molar-refractivity contribution in [1.82, 2.24) is 10.2 Å². The Balaban J connectivity index is 1.53. The van der Waals surface area contributed by atoms with Gasteiger partial charge >= 0.3 is 12.2 Å². The smallest absolute Gasteiger partial charge is 0.412 e. The van der Waals surface area contributed by atoms with E-state index in [1.54, 1.807) is 29.2 Å². The number of fused-ring (bicyclic) bond motifs is 2. The van der Waals surface area contributed by atoms with Gasteiger partial charge in [-0.3, -0.25) is 4.90 Å². The highest BCUT2D eigenvalue weighted by Crippen LogP contribution is 2.62. The zero-order valence-electron chi connectivity index (χ0n) is 37.3. The third kappa shape index (κ3) is 12.6. The van der Waals surface area contributed by atoms with E-state index >= 15 is 0 Å². The lowest BCUT2D eigenvalue weighted by Gasteiger charge is -2.59. The lowest BCUT2D eigenvalue weighted by atomic mass is 9.55. The van der Waals surface area contributed by atoms with Crippen molar-refractivity contribution >= 4 is 17.9 Å². The molecular formula is C51H65N3O11. The Morgan fingerprint density at radius 1 is 0.877 bits per heavy atom. The van der Waals surface area contributed by atoms with Gasteiger partial charge in [0.25, 0.3) is 0 Å². The van der Waals surface area contributed by atoms with E-state index in [0.29, 0.717) is 36.5 Å². The summed E-state index contributed by atoms with van der Waals surface area (Å²) >= 11 is 0. The lowest BCUT2D eigenvalue weighted by Crippen LogP contribution is -2.70. The quantitative estimate of drug-likeness (QED) is 0.0351. The van der Waals surface area contributed by atoms with Crippen molar-refractivity contribution in [3.05, 3.63) is 133 Å². The molecule has 1 fully saturated rings. The Hall–Kier alpha value is -5.51. The summed E-state index contributed by atoms with van der Waals surface area (Å²) in [7, 11) is 0. The van der Waals surface area contributed by atoms with Gasteiger partial charge in [0.1, 0.15) is 24.1 Å². The topological polar surface area (TPSA) is 178 Å². The number of hydrogen-bond donors (Lipinski definition) is 4. The number of carbonyl (C=O) groups excluding carboxylic acids is 2. The number of ether oxygens (including phenoxy) is 5. The summed E-state index contributed by atoms with van der Waals surface area (Å²) in [5.74, 6) is -1.77. The van der Waals surface area contributed by atoms with Gasteiger partial charge < -0.3 is 49.2 Å². The van der Waals surface area contributed by atoms with Crippen LogP contribution in [0.2, 0.25) is 0 Å². The Bertz CT molecular complexity index is 2050. The van der Waals surface area contributed by atoms with Crippen molar-refractivity contribution in [3.63, 3.8) is 0 Å². The number of rotatable bonds is 26. The van der Waals surface area contributed by atoms with Crippen LogP contribution in [0.1, 0.15) is 74.0 Å². The molecule has 3 aliphatic rings. The van der Waals surface area contributed by atoms with E-state index in [1.807, 2.05) is 66.7 Å². The van der Waals surface area contributed by atoms with Crippen molar-refractivity contribution in [2.45, 2.75) is 82.3 Å². The highest BCUT2D eigenvalue weighted by Gasteiger charge is 2.65. The molecule has 6 atom stereocenters. The van der Waals surface area contributed by atoms with Gasteiger partial charge in [-0.05, 0) is 78.8 Å². The monoisotopic (exact) mass is 895 g/mol. The molecule has 1 saturated carbocycles. The fourth-order valence-electron chi connectivity index (χ4n) is 9.40. The molecule has 0 unspecified atom stereocenters. The Labute approximate surface area is 382 Å². The highest BCUT2D eigenvalue weighted by molar-refractivity contribution is 6.03. The molecule has 1 aliphatic heterocycles. The molecule has 350 valence electrons. The highest BCUT2D eigenvalue weighted by atomic mass is 16.7. The standard InChI is InChI=1S/C51H65N3O11/c1-3-5-29-61-50(59)54(24-30-60-31-27-57)46-34-44(53-63-36-38-18-10-7-11-19-38)42-32-39(20-12-14-25-55)41(21-13-15-26-56)47-43-33-40(64-49(58)52-35-37-16-8-6-9-17-37)22-23-45(43)65-51(46,48(42)47)62-28-4-2/h3-4,6-11,16-19,22-23,32-33,39,41,46-48,55-57H,1-2,5,12-15,20-21,24-31,34-36H2,(H,52,58)/t39-,41+,46-,47+,48+,51+/m0/s1. The first kappa shape index (κ1) is 48.9. The number of carbonyl (C=O) groups is 2. The van der Waals surface area contributed by atoms with Crippen LogP contribution in [-0.4, -0.2) is 103 Å². The van der Waals surface area contributed by atoms with Crippen LogP contribution in [0.15, 0.2) is 121 Å². The summed E-state index contributed by atoms with van der Waals surface area (Å²) in [6.45, 7) is 8.57. The number of unbranched alkanes of at least 4 members (excludes halogenated alkanes) is 2. The minimum absolute atomic E-state index is 0.0129. The summed E-state index contributed by atoms with van der Waals surface area (Å²) in [5, 5.41) is 37.2. The molecular weight excluding hydrogens is 831 g/mol. The zero-order valence-corrected chi connectivity index (χ0v) is 37.3. The van der Waals surface area contributed by atoms with E-state index in [4.69, 9.17) is 33.7 Å². The largest absolute Gasteiger partial charge is 0.459 e. The van der Waals surface area contributed by atoms with Gasteiger partial charge in [0, 0.05) is 44.2 Å². The van der Waals surface area contributed by atoms with Crippen LogP contribution < -0.4 is 14.8 Å². The summed E-state index contributed by atoms with van der Waals surface area (Å²) in [6, 6.07) is 23.8. The summed E-state index contributed by atoms with van der Waals surface area (Å²) in [5.41, 5.74) is 4.11. The minimum Gasteiger partial charge on any atom is -0.459 e. The van der Waals surface area contributed by atoms with Crippen molar-refractivity contribution in [2.24, 2.45) is 22.9 Å². The Kier molecular flexibility index (Phi) is 19.0. The van der Waals surface area contributed by atoms with E-state index in [0.717, 1.165) is 47.9 Å². The second-order valence-corrected chi connectivity index (χ2v) is 16.5. The molecule has 4 N–H and O–H groups in total. The number of aliphatic hydroxyl groups is 3. The number of aliphatic hydroxyl groups excluding tert-OH is 3. The normalized spacial score (nSPS) is 22.4. The summed E-state index contributed by atoms with van der Waals surface area (Å²) in [6.07, 6.45) is 9.15. The van der Waals surface area contributed by atoms with Gasteiger partial charge in [-0.1, -0.05) is 96.9 Å². The first-order valence-electron chi connectivity index (χ1n) is 22.8. The fraction of sp³-hybridized carbons (Fsp3) is 0.471. The van der Waals surface area contributed by atoms with Crippen molar-refractivity contribution < 1.29 is 53.4 Å². The molecule has 0 aromatic heterocycles. The zero-order chi connectivity index (χ0) is 45.9. The van der Waals surface area contributed by atoms with Crippen LogP contribution in [0, 0.1) is 17.8 Å². The predicted octanol–water partition coefficient (Wildman–Crippen LogP) is 7.83. The van der Waals surface area contributed by atoms with Gasteiger partial charge in [-0.2, -0.15) is 0 Å². The summed E-state index contributed by atoms with van der Waals surface area (Å²) in [4.78, 5) is 35.5. The molecule has 65 heavy (non-hydrogen) atoms. The minimum atomic E-state index is -1.55. The first-order valence-corrected chi connectivity index (χ1v) is 22.8. The van der Waals surface area contributed by atoms with E-state index in [1.165, 1.54) is 0 Å². The van der Waals surface area contributed by atoms with Crippen LogP contribution in [0.5, 0.6) is 11.5 Å². The maximum atomic E-state index is 14.4. The molecule has 14 nitrogen and oxygen atoms in total. The molecule has 6 rings (SSSR count). The van der Waals surface area contributed by atoms with Crippen LogP contribution in [0.3, 0.4) is 0 Å². The van der Waals surface area contributed by atoms with Gasteiger partial charge in [0.05, 0.1) is 44.7 Å². The molecule has 3 aromatic carbocycles. The average Bonchev–Trinajstić information content (AvgIpc) is 3.32. The second-order valence-electron chi connectivity index (χ2n) is 16.5. The van der Waals surface area contributed by atoms with Crippen molar-refractivity contribution in [3.8, 4) is 11.5 Å². The molecule has 0 saturated heterocycles. The fourth-order valence-corrected chi connectivity index (χ4v) is 9.40. The van der Waals surface area contributed by atoms with Crippen LogP contribution in [-0.2, 0) is 32.2 Å². The number of hydrogen-bond acceptors (Lipinski definition) is 12. The van der Waals surface area contributed by atoms with E-state index < -0.39 is 29.9 Å². The number of benzene rings is 3. The van der Waals surface area contributed by atoms with Gasteiger partial charge in [-0.25, -0.2) is 9.59 Å². The van der Waals surface area contributed by atoms with E-state index in [9.17, 15) is 24.9 Å². The number of nitrogens with zero attached hydrogens (tertiary/aromatic N) is 2. The SMILES string of the molecule is C=CCCOC(=O)N(CCOCCO)[C@H]1CC(=NOCc2ccccc2)C2=C[C@H](CCCCO)[C@@H](CCCCO)[C@@H]3c4cc(OC(=O)NCc5ccccc5)ccc4O[C@@]1(OCC=C)[C@H]23. The Morgan fingerprint density at radius 2 is 1.62 bits per heavy atom. The van der Waals surface area contributed by atoms with Crippen LogP contribution in [0.4, 0.5) is 9.59 Å². The maximum absolute atomic E-state index is 14.4. The maximum Gasteiger partial charge on any atom is 0.412 e. The molecule has 0 bridgehead atoms. The molecule has 14 heteroatoms. The number of oxime groups is 1. The first-order chi connectivity index (χ1) is 31.9. The van der Waals surface area contributed by atoms with Gasteiger partial charge in [-0.15, -0.1) is 13.2 Å². The molecule has 2 aliphatic carbocycles. The number of nitrogens with one attached hydrogen (secondary N) is 1. The van der Waals surface area contributed by atoms with Gasteiger partial charge in [0.15, 0.2) is 0 Å². The third-order valence-corrected chi connectivity index (χ3v) is 12.3. The Morgan fingerprint density at radius 3 is 2.32 bits per heavy atom. The lowest BCUT2D eigenvalue weighted by molar-refractivity contribution is -0.256. The van der Waals surface area contributed by atoms with E-state index in [2.05, 4.69) is 24.6 Å². The van der Waals surface area contributed by atoms with Crippen molar-refractivity contribution in [2.75, 3.05) is 52.8 Å². The molecule has 0 radical (unpaired) electrons. The van der Waals surface area contributed by atoms with Crippen LogP contribution in [0.25, 0.3) is 0 Å². The number of allylic oxidation sites excluding steroid dienone is 1. The number of amides is 2. The van der Waals surface area contributed by atoms with Crippen LogP contribution >= 0.6 is 0 Å². The predicted molar refractivity (Wildman–Crippen MR) is 246 cm³/mol. The average molecular weight is 896 g/mol. The molecule has 0 spiro atoms. The summed E-state index contributed by atoms with van der Waals surface area (Å²) < 4.78 is 31.9. The molecule has 1 heterocycles.